The van der Waals surface area contributed by atoms with E-state index in [0.717, 1.165) is 16.9 Å². The van der Waals surface area contributed by atoms with Gasteiger partial charge in [0.15, 0.2) is 0 Å². The number of rotatable bonds is 4. The molecule has 0 saturated carbocycles. The zero-order chi connectivity index (χ0) is 5.54. The van der Waals surface area contributed by atoms with Gasteiger partial charge in [-0.15, -0.1) is 0 Å². The third-order valence-electron chi connectivity index (χ3n) is 0.848. The van der Waals surface area contributed by atoms with Crippen molar-refractivity contribution in [2.45, 2.75) is 18.9 Å². The Bertz CT molecular complexity index is 28.9. The minimum absolute atomic E-state index is 0.0676. The zero-order valence-electron chi connectivity index (χ0n) is 4.94. The third kappa shape index (κ3) is 6.39. The number of hydrogen-bond donors (Lipinski definition) is 0. The summed E-state index contributed by atoms with van der Waals surface area (Å²) < 4.78 is 5.09. The van der Waals surface area contributed by atoms with E-state index in [1.54, 1.807) is 0 Å². The van der Waals surface area contributed by atoms with Crippen molar-refractivity contribution < 1.29 is 4.12 Å². The lowest BCUT2D eigenvalue weighted by molar-refractivity contribution is 0.654. The van der Waals surface area contributed by atoms with Gasteiger partial charge in [-0.05, 0) is 6.04 Å². The maximum absolute atomic E-state index is 5.09. The largest absolute Gasteiger partial charge is 0.468 e. The SMILES string of the molecule is [CH2]CCC[SiH2]O[SiH3]. The normalized spacial score (nSPS) is 11.6. The molecular weight excluding hydrogens is 120 g/mol. The fraction of sp³-hybridized carbons (Fsp3) is 0.750. The van der Waals surface area contributed by atoms with Crippen molar-refractivity contribution in [2.24, 2.45) is 0 Å². The zero-order valence-corrected chi connectivity index (χ0v) is 8.36. The fourth-order valence-electron chi connectivity index (χ4n) is 0.423. The summed E-state index contributed by atoms with van der Waals surface area (Å²) in [6.45, 7) is 3.74. The van der Waals surface area contributed by atoms with Crippen LogP contribution in [0, 0.1) is 6.92 Å². The van der Waals surface area contributed by atoms with Crippen LogP contribution in [-0.2, 0) is 4.12 Å². The lowest BCUT2D eigenvalue weighted by Gasteiger charge is -1.92. The molecule has 0 aromatic carbocycles. The van der Waals surface area contributed by atoms with Crippen molar-refractivity contribution in [3.8, 4) is 0 Å². The predicted octanol–water partition coefficient (Wildman–Crippen LogP) is -0.600. The molecule has 0 saturated heterocycles. The average molecular weight is 133 g/mol. The molecule has 0 bridgehead atoms. The van der Waals surface area contributed by atoms with Crippen molar-refractivity contribution in [3.63, 3.8) is 0 Å². The summed E-state index contributed by atoms with van der Waals surface area (Å²) >= 11 is 0. The van der Waals surface area contributed by atoms with Crippen molar-refractivity contribution >= 4 is 20.2 Å². The lowest BCUT2D eigenvalue weighted by atomic mass is 10.4. The second kappa shape index (κ2) is 6.39. The van der Waals surface area contributed by atoms with Crippen LogP contribution in [0.1, 0.15) is 12.8 Å². The first-order valence-corrected chi connectivity index (χ1v) is 5.09. The van der Waals surface area contributed by atoms with Gasteiger partial charge in [0, 0.05) is 0 Å². The van der Waals surface area contributed by atoms with E-state index in [1.807, 2.05) is 0 Å². The Morgan fingerprint density at radius 1 is 1.71 bits per heavy atom. The van der Waals surface area contributed by atoms with Crippen LogP contribution in [-0.4, -0.2) is 20.2 Å². The van der Waals surface area contributed by atoms with Crippen molar-refractivity contribution in [1.29, 1.82) is 0 Å². The fourth-order valence-corrected chi connectivity index (χ4v) is 2.14. The Morgan fingerprint density at radius 2 is 2.43 bits per heavy atom. The molecule has 0 aromatic rings. The molecule has 0 aliphatic rings. The van der Waals surface area contributed by atoms with Crippen LogP contribution in [0.25, 0.3) is 0 Å². The van der Waals surface area contributed by atoms with E-state index in [0.29, 0.717) is 0 Å². The summed E-state index contributed by atoms with van der Waals surface area (Å²) in [6.07, 6.45) is 2.35. The van der Waals surface area contributed by atoms with Crippen LogP contribution in [0.3, 0.4) is 0 Å². The molecule has 7 heavy (non-hydrogen) atoms. The first-order valence-electron chi connectivity index (χ1n) is 2.70. The Labute approximate surface area is 50.9 Å². The molecule has 0 aliphatic heterocycles. The van der Waals surface area contributed by atoms with Crippen LogP contribution >= 0.6 is 0 Å². The summed E-state index contributed by atoms with van der Waals surface area (Å²) in [5.74, 6) is 0. The van der Waals surface area contributed by atoms with Gasteiger partial charge in [-0.2, -0.15) is 0 Å². The van der Waals surface area contributed by atoms with Gasteiger partial charge in [0.25, 0.3) is 0 Å². The highest BCUT2D eigenvalue weighted by atomic mass is 28.3. The van der Waals surface area contributed by atoms with E-state index in [4.69, 9.17) is 4.12 Å². The van der Waals surface area contributed by atoms with Gasteiger partial charge in [0.1, 0.15) is 20.2 Å². The topological polar surface area (TPSA) is 9.23 Å². The monoisotopic (exact) mass is 133 g/mol. The maximum Gasteiger partial charge on any atom is 0.145 e. The summed E-state index contributed by atoms with van der Waals surface area (Å²) in [7, 11) is 0.880. The second-order valence-electron chi connectivity index (χ2n) is 1.55. The maximum atomic E-state index is 5.09. The van der Waals surface area contributed by atoms with E-state index in [9.17, 15) is 0 Å². The van der Waals surface area contributed by atoms with Gasteiger partial charge in [0.05, 0.1) is 0 Å². The van der Waals surface area contributed by atoms with Gasteiger partial charge in [-0.3, -0.25) is 0 Å². The average Bonchev–Trinajstić information content (AvgIpc) is 1.69. The molecule has 0 spiro atoms. The molecule has 0 aromatic heterocycles. The second-order valence-corrected chi connectivity index (χ2v) is 4.98. The molecule has 43 valence electrons. The number of unbranched alkanes of at least 4 members (excludes halogenated alkanes) is 1. The lowest BCUT2D eigenvalue weighted by Crippen LogP contribution is -1.92. The van der Waals surface area contributed by atoms with Crippen molar-refractivity contribution in [1.82, 2.24) is 0 Å². The Hall–Kier alpha value is 0.394. The van der Waals surface area contributed by atoms with Gasteiger partial charge < -0.3 is 4.12 Å². The molecule has 0 unspecified atom stereocenters. The highest BCUT2D eigenvalue weighted by Gasteiger charge is 1.81. The molecule has 0 fully saturated rings. The van der Waals surface area contributed by atoms with Gasteiger partial charge in [-0.1, -0.05) is 19.8 Å². The highest BCUT2D eigenvalue weighted by molar-refractivity contribution is 6.34. The van der Waals surface area contributed by atoms with Crippen LogP contribution in [0.5, 0.6) is 0 Å². The molecule has 0 rings (SSSR count). The van der Waals surface area contributed by atoms with Crippen molar-refractivity contribution in [2.75, 3.05) is 0 Å². The molecule has 0 heterocycles. The molecule has 3 heteroatoms. The highest BCUT2D eigenvalue weighted by Crippen LogP contribution is 1.91. The Kier molecular flexibility index (Phi) is 6.75. The molecule has 0 aliphatic carbocycles. The van der Waals surface area contributed by atoms with E-state index in [1.165, 1.54) is 12.5 Å². The van der Waals surface area contributed by atoms with Gasteiger partial charge >= 0.3 is 0 Å². The standard InChI is InChI=1S/C4H13OSi2/c1-2-3-4-7-5-6/h1-4,7H2,6H3. The summed E-state index contributed by atoms with van der Waals surface area (Å²) in [6, 6.07) is 1.33. The molecule has 0 amide bonds. The van der Waals surface area contributed by atoms with Crippen molar-refractivity contribution in [3.05, 3.63) is 6.92 Å². The summed E-state index contributed by atoms with van der Waals surface area (Å²) in [4.78, 5) is 0. The Balaban J connectivity index is 2.45. The quantitative estimate of drug-likeness (QED) is 0.368. The first kappa shape index (κ1) is 7.39. The first-order chi connectivity index (χ1) is 3.41. The van der Waals surface area contributed by atoms with Gasteiger partial charge in [0.2, 0.25) is 0 Å². The third-order valence-corrected chi connectivity index (χ3v) is 3.27. The summed E-state index contributed by atoms with van der Waals surface area (Å²) in [5.41, 5.74) is 0. The molecule has 0 N–H and O–H groups in total. The molecular formula is C4H13OSi2. The smallest absolute Gasteiger partial charge is 0.145 e. The molecule has 1 radical (unpaired) electrons. The summed E-state index contributed by atoms with van der Waals surface area (Å²) in [5, 5.41) is 0. The van der Waals surface area contributed by atoms with Crippen LogP contribution in [0.4, 0.5) is 0 Å². The minimum atomic E-state index is -0.0676. The van der Waals surface area contributed by atoms with E-state index < -0.39 is 0 Å². The van der Waals surface area contributed by atoms with Crippen LogP contribution in [0.2, 0.25) is 6.04 Å². The minimum Gasteiger partial charge on any atom is -0.468 e. The van der Waals surface area contributed by atoms with Crippen LogP contribution < -0.4 is 0 Å². The van der Waals surface area contributed by atoms with Gasteiger partial charge in [-0.25, -0.2) is 0 Å². The van der Waals surface area contributed by atoms with Crippen LogP contribution in [0.15, 0.2) is 0 Å². The molecule has 0 atom stereocenters. The predicted molar refractivity (Wildman–Crippen MR) is 39.0 cm³/mol. The molecule has 1 nitrogen and oxygen atoms in total. The Morgan fingerprint density at radius 3 is 2.86 bits per heavy atom. The van der Waals surface area contributed by atoms with E-state index >= 15 is 0 Å². The number of hydrogen-bond acceptors (Lipinski definition) is 1. The van der Waals surface area contributed by atoms with E-state index in [2.05, 4.69) is 6.92 Å². The van der Waals surface area contributed by atoms with E-state index in [-0.39, 0.29) is 9.76 Å².